The molecule has 1 saturated carbocycles. The van der Waals surface area contributed by atoms with Gasteiger partial charge in [0.2, 0.25) is 0 Å². The van der Waals surface area contributed by atoms with Gasteiger partial charge < -0.3 is 5.32 Å². The Bertz CT molecular complexity index is 228. The van der Waals surface area contributed by atoms with Gasteiger partial charge in [0.15, 0.2) is 0 Å². The Balaban J connectivity index is 2.00. The second-order valence-electron chi connectivity index (χ2n) is 5.44. The summed E-state index contributed by atoms with van der Waals surface area (Å²) in [5.41, 5.74) is 0.593. The lowest BCUT2D eigenvalue weighted by molar-refractivity contribution is 0.100. The van der Waals surface area contributed by atoms with Gasteiger partial charge >= 0.3 is 0 Å². The Kier molecular flexibility index (Phi) is 1.58. The molecule has 1 aliphatic carbocycles. The summed E-state index contributed by atoms with van der Waals surface area (Å²) in [6, 6.07) is 2.50. The van der Waals surface area contributed by atoms with Crippen LogP contribution in [0.3, 0.4) is 0 Å². The lowest BCUT2D eigenvalue weighted by atomic mass is 9.66. The van der Waals surface area contributed by atoms with Gasteiger partial charge in [-0.15, -0.1) is 0 Å². The van der Waals surface area contributed by atoms with Crippen molar-refractivity contribution in [2.75, 3.05) is 13.6 Å². The number of likely N-dealkylation sites (N-methyl/N-ethyl adjacent to an activating group) is 1. The van der Waals surface area contributed by atoms with Gasteiger partial charge in [0.1, 0.15) is 0 Å². The highest BCUT2D eigenvalue weighted by atomic mass is 15.3. The largest absolute Gasteiger partial charge is 0.312 e. The second-order valence-corrected chi connectivity index (χ2v) is 5.44. The minimum Gasteiger partial charge on any atom is -0.312 e. The van der Waals surface area contributed by atoms with Crippen LogP contribution in [0, 0.1) is 5.41 Å². The summed E-state index contributed by atoms with van der Waals surface area (Å²) in [5, 5.41) is 3.74. The Hall–Kier alpha value is -0.0800. The predicted octanol–water partition coefficient (Wildman–Crippen LogP) is 1.22. The van der Waals surface area contributed by atoms with Crippen molar-refractivity contribution in [2.45, 2.75) is 50.7 Å². The first-order valence-electron chi connectivity index (χ1n) is 5.67. The fourth-order valence-corrected chi connectivity index (χ4v) is 4.09. The molecular weight excluding hydrogens is 160 g/mol. The Morgan fingerprint density at radius 3 is 3.08 bits per heavy atom. The minimum atomic E-state index is 0.593. The van der Waals surface area contributed by atoms with Gasteiger partial charge in [-0.05, 0) is 31.7 Å². The van der Waals surface area contributed by atoms with Crippen molar-refractivity contribution in [3.63, 3.8) is 0 Å². The summed E-state index contributed by atoms with van der Waals surface area (Å²) >= 11 is 0. The van der Waals surface area contributed by atoms with Crippen LogP contribution in [-0.2, 0) is 0 Å². The Labute approximate surface area is 80.7 Å². The normalized spacial score (nSPS) is 55.4. The zero-order valence-electron chi connectivity index (χ0n) is 8.71. The highest BCUT2D eigenvalue weighted by Crippen LogP contribution is 2.50. The molecule has 2 bridgehead atoms. The predicted molar refractivity (Wildman–Crippen MR) is 53.7 cm³/mol. The lowest BCUT2D eigenvalue weighted by Gasteiger charge is -2.45. The van der Waals surface area contributed by atoms with Gasteiger partial charge in [-0.1, -0.05) is 13.3 Å². The molecule has 0 aromatic rings. The van der Waals surface area contributed by atoms with E-state index in [-0.39, 0.29) is 0 Å². The molecule has 0 radical (unpaired) electrons. The summed E-state index contributed by atoms with van der Waals surface area (Å²) in [4.78, 5) is 2.64. The van der Waals surface area contributed by atoms with E-state index in [1.165, 1.54) is 32.2 Å². The van der Waals surface area contributed by atoms with Crippen LogP contribution in [-0.4, -0.2) is 36.6 Å². The van der Waals surface area contributed by atoms with Crippen molar-refractivity contribution in [1.29, 1.82) is 0 Å². The minimum absolute atomic E-state index is 0.593. The van der Waals surface area contributed by atoms with Crippen molar-refractivity contribution >= 4 is 0 Å². The Morgan fingerprint density at radius 1 is 1.38 bits per heavy atom. The molecule has 2 aliphatic heterocycles. The highest BCUT2D eigenvalue weighted by Gasteiger charge is 2.55. The van der Waals surface area contributed by atoms with E-state index in [0.717, 1.165) is 18.1 Å². The lowest BCUT2D eigenvalue weighted by Crippen LogP contribution is -2.53. The molecule has 0 aromatic carbocycles. The number of likely N-dealkylation sites (tertiary alicyclic amines) is 1. The van der Waals surface area contributed by atoms with Crippen LogP contribution in [0.1, 0.15) is 32.6 Å². The molecule has 1 unspecified atom stereocenters. The fraction of sp³-hybridized carbons (Fsp3) is 1.00. The molecule has 2 heterocycles. The third kappa shape index (κ3) is 0.909. The zero-order valence-corrected chi connectivity index (χ0v) is 8.71. The van der Waals surface area contributed by atoms with Gasteiger partial charge in [0, 0.05) is 24.7 Å². The topological polar surface area (TPSA) is 15.3 Å². The number of piperidine rings is 1. The van der Waals surface area contributed by atoms with Crippen molar-refractivity contribution in [3.05, 3.63) is 0 Å². The smallest absolute Gasteiger partial charge is 0.0227 e. The molecule has 3 rings (SSSR count). The van der Waals surface area contributed by atoms with E-state index in [9.17, 15) is 0 Å². The molecule has 74 valence electrons. The van der Waals surface area contributed by atoms with E-state index >= 15 is 0 Å². The van der Waals surface area contributed by atoms with Crippen molar-refractivity contribution in [2.24, 2.45) is 5.41 Å². The monoisotopic (exact) mass is 180 g/mol. The number of nitrogens with zero attached hydrogens (tertiary/aromatic N) is 1. The van der Waals surface area contributed by atoms with Crippen LogP contribution in [0.5, 0.6) is 0 Å². The van der Waals surface area contributed by atoms with Gasteiger partial charge in [-0.25, -0.2) is 0 Å². The number of hydrogen-bond donors (Lipinski definition) is 1. The molecule has 4 atom stereocenters. The SMILES string of the molecule is CN1C2CCC[C@H]3NC[C@@H]1C[C@@]23C. The van der Waals surface area contributed by atoms with Crippen LogP contribution in [0.2, 0.25) is 0 Å². The van der Waals surface area contributed by atoms with Gasteiger partial charge in [-0.2, -0.15) is 0 Å². The molecular formula is C11H20N2. The molecule has 3 fully saturated rings. The first-order chi connectivity index (χ1) is 6.22. The van der Waals surface area contributed by atoms with Crippen LogP contribution in [0.4, 0.5) is 0 Å². The maximum Gasteiger partial charge on any atom is 0.0227 e. The number of hydrogen-bond acceptors (Lipinski definition) is 2. The quantitative estimate of drug-likeness (QED) is 0.603. The van der Waals surface area contributed by atoms with Gasteiger partial charge in [0.25, 0.3) is 0 Å². The number of nitrogens with one attached hydrogen (secondary N) is 1. The average molecular weight is 180 g/mol. The molecule has 0 aromatic heterocycles. The summed E-state index contributed by atoms with van der Waals surface area (Å²) in [7, 11) is 2.33. The van der Waals surface area contributed by atoms with Gasteiger partial charge in [-0.3, -0.25) is 4.90 Å². The third-order valence-corrected chi connectivity index (χ3v) is 4.87. The molecule has 2 nitrogen and oxygen atoms in total. The summed E-state index contributed by atoms with van der Waals surface area (Å²) in [6.45, 7) is 3.73. The number of fused-ring (bicyclic) bond motifs is 1. The Morgan fingerprint density at radius 2 is 2.23 bits per heavy atom. The maximum atomic E-state index is 3.74. The molecule has 0 amide bonds. The van der Waals surface area contributed by atoms with E-state index in [1.54, 1.807) is 0 Å². The summed E-state index contributed by atoms with van der Waals surface area (Å²) < 4.78 is 0. The van der Waals surface area contributed by atoms with Crippen molar-refractivity contribution in [3.8, 4) is 0 Å². The van der Waals surface area contributed by atoms with Crippen LogP contribution < -0.4 is 5.32 Å². The van der Waals surface area contributed by atoms with Crippen LogP contribution in [0.25, 0.3) is 0 Å². The number of rotatable bonds is 0. The van der Waals surface area contributed by atoms with E-state index in [4.69, 9.17) is 0 Å². The first-order valence-corrected chi connectivity index (χ1v) is 5.67. The summed E-state index contributed by atoms with van der Waals surface area (Å²) in [5.74, 6) is 0. The standard InChI is InChI=1S/C11H20N2/c1-11-6-8-7-12-9(11)4-3-5-10(11)13(8)2/h8-10,12H,3-7H2,1-2H3/t8-,9+,10?,11+/m0/s1. The zero-order chi connectivity index (χ0) is 9.05. The summed E-state index contributed by atoms with van der Waals surface area (Å²) in [6.07, 6.45) is 5.70. The first kappa shape index (κ1) is 8.25. The molecule has 0 spiro atoms. The molecule has 2 saturated heterocycles. The fourth-order valence-electron chi connectivity index (χ4n) is 4.09. The van der Waals surface area contributed by atoms with E-state index in [2.05, 4.69) is 24.2 Å². The average Bonchev–Trinajstić information content (AvgIpc) is 2.37. The van der Waals surface area contributed by atoms with Crippen molar-refractivity contribution < 1.29 is 0 Å². The molecule has 2 heteroatoms. The third-order valence-electron chi connectivity index (χ3n) is 4.87. The van der Waals surface area contributed by atoms with E-state index < -0.39 is 0 Å². The second kappa shape index (κ2) is 2.48. The van der Waals surface area contributed by atoms with E-state index in [1.807, 2.05) is 0 Å². The maximum absolute atomic E-state index is 3.74. The molecule has 3 aliphatic rings. The molecule has 1 N–H and O–H groups in total. The van der Waals surface area contributed by atoms with Crippen molar-refractivity contribution in [1.82, 2.24) is 10.2 Å². The van der Waals surface area contributed by atoms with Crippen LogP contribution in [0.15, 0.2) is 0 Å². The van der Waals surface area contributed by atoms with E-state index in [0.29, 0.717) is 5.41 Å². The highest BCUT2D eigenvalue weighted by molar-refractivity contribution is 5.11. The molecule has 13 heavy (non-hydrogen) atoms. The van der Waals surface area contributed by atoms with Gasteiger partial charge in [0.05, 0.1) is 0 Å². The van der Waals surface area contributed by atoms with Crippen LogP contribution >= 0.6 is 0 Å².